The zero-order valence-electron chi connectivity index (χ0n) is 9.67. The number of para-hydroxylation sites is 1. The van der Waals surface area contributed by atoms with Gasteiger partial charge in [0.2, 0.25) is 0 Å². The molecule has 0 saturated heterocycles. The molecule has 0 aliphatic rings. The molecule has 4 heteroatoms. The molecule has 0 radical (unpaired) electrons. The average molecular weight is 240 g/mol. The standard InChI is InChI=1S/C14H12N2O2/c15-16-10-12-8-4-5-9-13(12)18-14(17)11-6-2-1-3-7-11/h1-9,15H,10H2. The Bertz CT molecular complexity index is 553. The predicted molar refractivity (Wildman–Crippen MR) is 66.7 cm³/mol. The molecule has 90 valence electrons. The minimum Gasteiger partial charge on any atom is -0.423 e. The number of rotatable bonds is 4. The van der Waals surface area contributed by atoms with Gasteiger partial charge in [-0.1, -0.05) is 36.4 Å². The van der Waals surface area contributed by atoms with Gasteiger partial charge in [0.05, 0.1) is 12.1 Å². The fourth-order valence-electron chi connectivity index (χ4n) is 1.55. The van der Waals surface area contributed by atoms with E-state index in [1.54, 1.807) is 42.5 Å². The Hall–Kier alpha value is -2.49. The van der Waals surface area contributed by atoms with Crippen LogP contribution in [0.3, 0.4) is 0 Å². The Labute approximate surface area is 105 Å². The lowest BCUT2D eigenvalue weighted by Crippen LogP contribution is -2.09. The van der Waals surface area contributed by atoms with E-state index in [0.717, 1.165) is 5.56 Å². The van der Waals surface area contributed by atoms with Crippen LogP contribution >= 0.6 is 0 Å². The van der Waals surface area contributed by atoms with Crippen LogP contribution < -0.4 is 4.74 Å². The molecular formula is C14H12N2O2. The Kier molecular flexibility index (Phi) is 3.81. The van der Waals surface area contributed by atoms with Gasteiger partial charge < -0.3 is 4.74 Å². The van der Waals surface area contributed by atoms with Crippen molar-refractivity contribution in [3.8, 4) is 5.75 Å². The predicted octanol–water partition coefficient (Wildman–Crippen LogP) is 3.44. The number of carbonyl (C=O) groups is 1. The molecule has 18 heavy (non-hydrogen) atoms. The third-order valence-electron chi connectivity index (χ3n) is 2.43. The summed E-state index contributed by atoms with van der Waals surface area (Å²) < 4.78 is 5.30. The molecule has 2 rings (SSSR count). The Balaban J connectivity index is 2.19. The third-order valence-corrected chi connectivity index (χ3v) is 2.43. The van der Waals surface area contributed by atoms with E-state index in [2.05, 4.69) is 5.11 Å². The van der Waals surface area contributed by atoms with Crippen molar-refractivity contribution in [2.45, 2.75) is 6.54 Å². The zero-order chi connectivity index (χ0) is 12.8. The summed E-state index contributed by atoms with van der Waals surface area (Å²) in [6.45, 7) is 0.207. The molecule has 0 aromatic heterocycles. The van der Waals surface area contributed by atoms with E-state index in [1.807, 2.05) is 12.1 Å². The molecule has 0 atom stereocenters. The van der Waals surface area contributed by atoms with Crippen LogP contribution in [0, 0.1) is 5.53 Å². The molecule has 0 amide bonds. The Morgan fingerprint density at radius 2 is 1.72 bits per heavy atom. The molecule has 0 bridgehead atoms. The lowest BCUT2D eigenvalue weighted by Gasteiger charge is -2.07. The van der Waals surface area contributed by atoms with E-state index < -0.39 is 5.97 Å². The Morgan fingerprint density at radius 3 is 2.44 bits per heavy atom. The fraction of sp³-hybridized carbons (Fsp3) is 0.0714. The molecule has 2 aromatic rings. The van der Waals surface area contributed by atoms with Crippen molar-refractivity contribution >= 4 is 5.97 Å². The summed E-state index contributed by atoms with van der Waals surface area (Å²) in [5.74, 6) is 0.0374. The first-order valence-corrected chi connectivity index (χ1v) is 5.49. The maximum atomic E-state index is 11.9. The summed E-state index contributed by atoms with van der Waals surface area (Å²) >= 11 is 0. The third kappa shape index (κ3) is 2.79. The summed E-state index contributed by atoms with van der Waals surface area (Å²) in [5, 5.41) is 3.31. The number of esters is 1. The maximum Gasteiger partial charge on any atom is 0.343 e. The monoisotopic (exact) mass is 240 g/mol. The van der Waals surface area contributed by atoms with Crippen molar-refractivity contribution in [2.75, 3.05) is 0 Å². The second kappa shape index (κ2) is 5.72. The van der Waals surface area contributed by atoms with Gasteiger partial charge in [0.15, 0.2) is 0 Å². The minimum absolute atomic E-state index is 0.207. The molecular weight excluding hydrogens is 228 g/mol. The maximum absolute atomic E-state index is 11.9. The second-order valence-electron chi connectivity index (χ2n) is 3.68. The van der Waals surface area contributed by atoms with Crippen molar-refractivity contribution in [1.29, 1.82) is 5.53 Å². The lowest BCUT2D eigenvalue weighted by molar-refractivity contribution is 0.0733. The number of benzene rings is 2. The van der Waals surface area contributed by atoms with E-state index in [-0.39, 0.29) is 6.54 Å². The molecule has 0 saturated carbocycles. The molecule has 2 aromatic carbocycles. The van der Waals surface area contributed by atoms with Crippen molar-refractivity contribution < 1.29 is 9.53 Å². The second-order valence-corrected chi connectivity index (χ2v) is 3.68. The summed E-state index contributed by atoms with van der Waals surface area (Å²) in [6.07, 6.45) is 0. The van der Waals surface area contributed by atoms with Crippen LogP contribution in [-0.2, 0) is 6.54 Å². The van der Waals surface area contributed by atoms with Crippen LogP contribution in [0.25, 0.3) is 0 Å². The number of hydrogen-bond acceptors (Lipinski definition) is 4. The minimum atomic E-state index is -0.409. The number of ether oxygens (including phenoxy) is 1. The highest BCUT2D eigenvalue weighted by atomic mass is 16.5. The first-order valence-electron chi connectivity index (χ1n) is 5.49. The molecule has 0 aliphatic heterocycles. The smallest absolute Gasteiger partial charge is 0.343 e. The highest BCUT2D eigenvalue weighted by Crippen LogP contribution is 2.20. The molecule has 0 spiro atoms. The first-order chi connectivity index (χ1) is 8.81. The highest BCUT2D eigenvalue weighted by molar-refractivity contribution is 5.91. The fourth-order valence-corrected chi connectivity index (χ4v) is 1.55. The van der Waals surface area contributed by atoms with Gasteiger partial charge in [-0.2, -0.15) is 5.11 Å². The molecule has 1 N–H and O–H groups in total. The lowest BCUT2D eigenvalue weighted by atomic mass is 10.2. The SMILES string of the molecule is N=NCc1ccccc1OC(=O)c1ccccc1. The first kappa shape index (κ1) is 12.0. The van der Waals surface area contributed by atoms with Gasteiger partial charge in [-0.15, -0.1) is 0 Å². The van der Waals surface area contributed by atoms with E-state index in [9.17, 15) is 4.79 Å². The van der Waals surface area contributed by atoms with E-state index in [4.69, 9.17) is 10.3 Å². The highest BCUT2D eigenvalue weighted by Gasteiger charge is 2.10. The van der Waals surface area contributed by atoms with Crippen LogP contribution in [-0.4, -0.2) is 5.97 Å². The molecule has 0 fully saturated rings. The average Bonchev–Trinajstić information content (AvgIpc) is 2.42. The zero-order valence-corrected chi connectivity index (χ0v) is 9.67. The van der Waals surface area contributed by atoms with Crippen LogP contribution in [0.2, 0.25) is 0 Å². The van der Waals surface area contributed by atoms with Crippen LogP contribution in [0.5, 0.6) is 5.75 Å². The van der Waals surface area contributed by atoms with E-state index in [0.29, 0.717) is 11.3 Å². The van der Waals surface area contributed by atoms with Crippen molar-refractivity contribution in [1.82, 2.24) is 0 Å². The normalized spacial score (nSPS) is 9.78. The number of nitrogens with zero attached hydrogens (tertiary/aromatic N) is 1. The van der Waals surface area contributed by atoms with Crippen molar-refractivity contribution in [3.05, 3.63) is 65.7 Å². The van der Waals surface area contributed by atoms with E-state index in [1.165, 1.54) is 0 Å². The van der Waals surface area contributed by atoms with Gasteiger partial charge in [0.25, 0.3) is 0 Å². The summed E-state index contributed by atoms with van der Waals surface area (Å²) in [6, 6.07) is 15.9. The number of nitrogens with one attached hydrogen (secondary N) is 1. The van der Waals surface area contributed by atoms with Gasteiger partial charge in [0, 0.05) is 5.56 Å². The number of carbonyl (C=O) groups excluding carboxylic acids is 1. The molecule has 0 aliphatic carbocycles. The number of hydrogen-bond donors (Lipinski definition) is 1. The van der Waals surface area contributed by atoms with Gasteiger partial charge in [-0.3, -0.25) is 0 Å². The van der Waals surface area contributed by atoms with Crippen LogP contribution in [0.15, 0.2) is 59.7 Å². The van der Waals surface area contributed by atoms with Gasteiger partial charge >= 0.3 is 5.97 Å². The van der Waals surface area contributed by atoms with Gasteiger partial charge in [-0.05, 0) is 18.2 Å². The topological polar surface area (TPSA) is 62.5 Å². The van der Waals surface area contributed by atoms with Gasteiger partial charge in [-0.25, -0.2) is 10.3 Å². The van der Waals surface area contributed by atoms with Crippen molar-refractivity contribution in [2.24, 2.45) is 5.11 Å². The summed E-state index contributed by atoms with van der Waals surface area (Å²) in [4.78, 5) is 11.9. The molecule has 4 nitrogen and oxygen atoms in total. The van der Waals surface area contributed by atoms with Crippen LogP contribution in [0.1, 0.15) is 15.9 Å². The molecule has 0 heterocycles. The van der Waals surface area contributed by atoms with E-state index >= 15 is 0 Å². The van der Waals surface area contributed by atoms with Crippen molar-refractivity contribution in [3.63, 3.8) is 0 Å². The quantitative estimate of drug-likeness (QED) is 0.505. The summed E-state index contributed by atoms with van der Waals surface area (Å²) in [5.41, 5.74) is 8.08. The van der Waals surface area contributed by atoms with Gasteiger partial charge in [0.1, 0.15) is 5.75 Å². The summed E-state index contributed by atoms with van der Waals surface area (Å²) in [7, 11) is 0. The molecule has 0 unspecified atom stereocenters. The van der Waals surface area contributed by atoms with Crippen LogP contribution in [0.4, 0.5) is 0 Å². The largest absolute Gasteiger partial charge is 0.423 e. The Morgan fingerprint density at radius 1 is 1.06 bits per heavy atom.